The van der Waals surface area contributed by atoms with Gasteiger partial charge in [-0.15, -0.1) is 0 Å². The van der Waals surface area contributed by atoms with Crippen molar-refractivity contribution in [3.05, 3.63) is 23.0 Å². The Morgan fingerprint density at radius 3 is 2.83 bits per heavy atom. The molecule has 1 aromatic heterocycles. The normalized spacial score (nSPS) is 32.8. The lowest BCUT2D eigenvalue weighted by atomic mass is 9.98. The van der Waals surface area contributed by atoms with Gasteiger partial charge in [-0.25, -0.2) is 0 Å². The lowest BCUT2D eigenvalue weighted by Gasteiger charge is -2.09. The van der Waals surface area contributed by atoms with E-state index in [4.69, 9.17) is 4.74 Å². The Labute approximate surface area is 106 Å². The molecule has 3 aliphatic rings. The van der Waals surface area contributed by atoms with E-state index in [1.165, 1.54) is 24.1 Å². The van der Waals surface area contributed by atoms with Crippen molar-refractivity contribution in [2.75, 3.05) is 13.2 Å². The minimum atomic E-state index is 0.0591. The number of hydrogen-bond acceptors (Lipinski definition) is 2. The molecule has 1 amide bonds. The third-order valence-corrected chi connectivity index (χ3v) is 4.61. The summed E-state index contributed by atoms with van der Waals surface area (Å²) in [6.07, 6.45) is 4.68. The van der Waals surface area contributed by atoms with Gasteiger partial charge in [-0.1, -0.05) is 0 Å². The van der Waals surface area contributed by atoms with Gasteiger partial charge in [0.25, 0.3) is 5.91 Å². The molecule has 18 heavy (non-hydrogen) atoms. The zero-order valence-electron chi connectivity index (χ0n) is 10.4. The van der Waals surface area contributed by atoms with E-state index in [9.17, 15) is 4.79 Å². The Bertz CT molecular complexity index is 460. The molecule has 0 aromatic carbocycles. The average molecular weight is 246 g/mol. The first-order chi connectivity index (χ1) is 8.83. The van der Waals surface area contributed by atoms with E-state index in [1.807, 2.05) is 6.07 Å². The fraction of sp³-hybridized carbons (Fsp3) is 0.643. The number of aromatic amines is 1. The molecule has 1 saturated carbocycles. The second kappa shape index (κ2) is 3.85. The standard InChI is InChI=1S/C14H18N2O2/c17-14(16-13-9-6-18-7-10(9)13)12-5-8-3-1-2-4-11(8)15-12/h5,9-10,13,15H,1-4,6-7H2,(H,16,17)/t9-,10+,13?. The second-order valence-electron chi connectivity index (χ2n) is 5.76. The monoisotopic (exact) mass is 246 g/mol. The number of nitrogens with one attached hydrogen (secondary N) is 2. The number of aryl methyl sites for hydroxylation is 2. The van der Waals surface area contributed by atoms with Crippen molar-refractivity contribution >= 4 is 5.91 Å². The van der Waals surface area contributed by atoms with E-state index in [0.717, 1.165) is 31.7 Å². The van der Waals surface area contributed by atoms with Crippen LogP contribution in [0.5, 0.6) is 0 Å². The number of ether oxygens (including phenoxy) is 1. The van der Waals surface area contributed by atoms with E-state index in [0.29, 0.717) is 17.9 Å². The molecule has 2 aliphatic carbocycles. The number of rotatable bonds is 2. The number of aromatic nitrogens is 1. The molecule has 2 heterocycles. The van der Waals surface area contributed by atoms with Crippen molar-refractivity contribution in [3.63, 3.8) is 0 Å². The Hall–Kier alpha value is -1.29. The maximum atomic E-state index is 12.2. The Morgan fingerprint density at radius 2 is 2.06 bits per heavy atom. The summed E-state index contributed by atoms with van der Waals surface area (Å²) in [6, 6.07) is 2.39. The summed E-state index contributed by atoms with van der Waals surface area (Å²) in [5, 5.41) is 3.13. The van der Waals surface area contributed by atoms with Gasteiger partial charge in [0.15, 0.2) is 0 Å². The van der Waals surface area contributed by atoms with Crippen molar-refractivity contribution in [3.8, 4) is 0 Å². The molecular formula is C14H18N2O2. The van der Waals surface area contributed by atoms with Crippen LogP contribution in [0.15, 0.2) is 6.07 Å². The summed E-state index contributed by atoms with van der Waals surface area (Å²) in [7, 11) is 0. The summed E-state index contributed by atoms with van der Waals surface area (Å²) in [5.74, 6) is 1.20. The van der Waals surface area contributed by atoms with Crippen LogP contribution in [0, 0.1) is 11.8 Å². The first-order valence-corrected chi connectivity index (χ1v) is 6.92. The summed E-state index contributed by atoms with van der Waals surface area (Å²) >= 11 is 0. The Morgan fingerprint density at radius 1 is 1.28 bits per heavy atom. The van der Waals surface area contributed by atoms with Gasteiger partial charge in [0.05, 0.1) is 13.2 Å². The van der Waals surface area contributed by atoms with Gasteiger partial charge < -0.3 is 15.0 Å². The molecule has 1 unspecified atom stereocenters. The van der Waals surface area contributed by atoms with Crippen molar-refractivity contribution in [2.45, 2.75) is 31.7 Å². The van der Waals surface area contributed by atoms with Crippen LogP contribution in [-0.2, 0) is 17.6 Å². The molecule has 1 saturated heterocycles. The van der Waals surface area contributed by atoms with Crippen molar-refractivity contribution in [1.29, 1.82) is 0 Å². The summed E-state index contributed by atoms with van der Waals surface area (Å²) < 4.78 is 5.33. The summed E-state index contributed by atoms with van der Waals surface area (Å²) in [5.41, 5.74) is 3.35. The third kappa shape index (κ3) is 1.59. The van der Waals surface area contributed by atoms with Crippen LogP contribution in [0.2, 0.25) is 0 Å². The maximum absolute atomic E-state index is 12.2. The van der Waals surface area contributed by atoms with Gasteiger partial charge in [-0.3, -0.25) is 4.79 Å². The van der Waals surface area contributed by atoms with Crippen LogP contribution in [0.1, 0.15) is 34.6 Å². The molecule has 4 rings (SSSR count). The molecule has 0 bridgehead atoms. The molecule has 96 valence electrons. The van der Waals surface area contributed by atoms with E-state index in [-0.39, 0.29) is 5.91 Å². The van der Waals surface area contributed by atoms with Crippen molar-refractivity contribution < 1.29 is 9.53 Å². The highest BCUT2D eigenvalue weighted by Gasteiger charge is 2.54. The number of hydrogen-bond donors (Lipinski definition) is 2. The molecule has 1 aromatic rings. The molecule has 1 aliphatic heterocycles. The zero-order chi connectivity index (χ0) is 12.1. The van der Waals surface area contributed by atoms with E-state index in [1.54, 1.807) is 0 Å². The van der Waals surface area contributed by atoms with E-state index in [2.05, 4.69) is 10.3 Å². The molecule has 0 radical (unpaired) electrons. The fourth-order valence-corrected chi connectivity index (χ4v) is 3.41. The van der Waals surface area contributed by atoms with Gasteiger partial charge in [-0.05, 0) is 37.3 Å². The number of carbonyl (C=O) groups is 1. The summed E-state index contributed by atoms with van der Waals surface area (Å²) in [4.78, 5) is 15.4. The number of fused-ring (bicyclic) bond motifs is 2. The molecule has 2 N–H and O–H groups in total. The first kappa shape index (κ1) is 10.6. The number of H-pyrrole nitrogens is 1. The lowest BCUT2D eigenvalue weighted by molar-refractivity contribution is 0.0924. The Kier molecular flexibility index (Phi) is 2.27. The van der Waals surface area contributed by atoms with Crippen molar-refractivity contribution in [2.24, 2.45) is 11.8 Å². The third-order valence-electron chi connectivity index (χ3n) is 4.61. The highest BCUT2D eigenvalue weighted by molar-refractivity contribution is 5.93. The van der Waals surface area contributed by atoms with Crippen LogP contribution < -0.4 is 5.32 Å². The van der Waals surface area contributed by atoms with Gasteiger partial charge in [0, 0.05) is 23.6 Å². The SMILES string of the molecule is O=C(NC1[C@H]2COC[C@@H]12)c1cc2c([nH]1)CCCC2. The molecule has 2 fully saturated rings. The number of amides is 1. The van der Waals surface area contributed by atoms with Crippen LogP contribution in [0.4, 0.5) is 0 Å². The highest BCUT2D eigenvalue weighted by Crippen LogP contribution is 2.44. The zero-order valence-corrected chi connectivity index (χ0v) is 10.4. The van der Waals surface area contributed by atoms with Crippen LogP contribution in [-0.4, -0.2) is 30.1 Å². The summed E-state index contributed by atoms with van der Waals surface area (Å²) in [6.45, 7) is 1.63. The average Bonchev–Trinajstić information content (AvgIpc) is 2.84. The topological polar surface area (TPSA) is 54.1 Å². The maximum Gasteiger partial charge on any atom is 0.267 e. The smallest absolute Gasteiger partial charge is 0.267 e. The van der Waals surface area contributed by atoms with Gasteiger partial charge in [-0.2, -0.15) is 0 Å². The molecular weight excluding hydrogens is 228 g/mol. The van der Waals surface area contributed by atoms with Crippen molar-refractivity contribution in [1.82, 2.24) is 10.3 Å². The molecule has 4 nitrogen and oxygen atoms in total. The van der Waals surface area contributed by atoms with Gasteiger partial charge in [0.1, 0.15) is 5.69 Å². The first-order valence-electron chi connectivity index (χ1n) is 6.92. The molecule has 3 atom stereocenters. The Balaban J connectivity index is 1.46. The predicted octanol–water partition coefficient (Wildman–Crippen LogP) is 1.27. The quantitative estimate of drug-likeness (QED) is 0.825. The minimum Gasteiger partial charge on any atom is -0.381 e. The van der Waals surface area contributed by atoms with E-state index < -0.39 is 0 Å². The van der Waals surface area contributed by atoms with Crippen LogP contribution in [0.3, 0.4) is 0 Å². The van der Waals surface area contributed by atoms with E-state index >= 15 is 0 Å². The minimum absolute atomic E-state index is 0.0591. The van der Waals surface area contributed by atoms with Crippen LogP contribution >= 0.6 is 0 Å². The largest absolute Gasteiger partial charge is 0.381 e. The second-order valence-corrected chi connectivity index (χ2v) is 5.76. The fourth-order valence-electron chi connectivity index (χ4n) is 3.41. The molecule has 0 spiro atoms. The lowest BCUT2D eigenvalue weighted by Crippen LogP contribution is -2.30. The van der Waals surface area contributed by atoms with Gasteiger partial charge in [0.2, 0.25) is 0 Å². The molecule has 4 heteroatoms. The number of carbonyl (C=O) groups excluding carboxylic acids is 1. The van der Waals surface area contributed by atoms with Crippen LogP contribution in [0.25, 0.3) is 0 Å². The van der Waals surface area contributed by atoms with Gasteiger partial charge >= 0.3 is 0 Å². The predicted molar refractivity (Wildman–Crippen MR) is 66.5 cm³/mol. The highest BCUT2D eigenvalue weighted by atomic mass is 16.5.